The molecule has 60 valence electrons. The van der Waals surface area contributed by atoms with Gasteiger partial charge in [-0.15, -0.1) is 0 Å². The Morgan fingerprint density at radius 3 is 2.70 bits per heavy atom. The predicted molar refractivity (Wildman–Crippen MR) is 33.2 cm³/mol. The van der Waals surface area contributed by atoms with Crippen LogP contribution in [0.5, 0.6) is 0 Å². The van der Waals surface area contributed by atoms with E-state index in [1.165, 1.54) is 7.11 Å². The van der Waals surface area contributed by atoms with Crippen LogP contribution in [0.1, 0.15) is 6.42 Å². The van der Waals surface area contributed by atoms with Crippen LogP contribution in [-0.4, -0.2) is 32.2 Å². The third kappa shape index (κ3) is 1.44. The van der Waals surface area contributed by atoms with E-state index in [0.717, 1.165) is 0 Å². The van der Waals surface area contributed by atoms with Crippen molar-refractivity contribution in [1.82, 2.24) is 5.32 Å². The third-order valence-electron chi connectivity index (χ3n) is 1.70. The molecular formula is C6H11F2NO. The van der Waals surface area contributed by atoms with E-state index < -0.39 is 12.0 Å². The maximum absolute atomic E-state index is 12.7. The molecule has 0 radical (unpaired) electrons. The average Bonchev–Trinajstić information content (AvgIpc) is 1.87. The lowest BCUT2D eigenvalue weighted by Gasteiger charge is -2.30. The van der Waals surface area contributed by atoms with Gasteiger partial charge >= 0.3 is 0 Å². The zero-order chi connectivity index (χ0) is 7.61. The van der Waals surface area contributed by atoms with Crippen molar-refractivity contribution in [2.75, 3.05) is 20.2 Å². The summed E-state index contributed by atoms with van der Waals surface area (Å²) in [6.07, 6.45) is -0.502. The number of hydrogen-bond acceptors (Lipinski definition) is 2. The van der Waals surface area contributed by atoms with Crippen molar-refractivity contribution in [3.05, 3.63) is 0 Å². The van der Waals surface area contributed by atoms with Crippen LogP contribution in [-0.2, 0) is 4.74 Å². The smallest absolute Gasteiger partial charge is 0.285 e. The average molecular weight is 151 g/mol. The second-order valence-electron chi connectivity index (χ2n) is 2.45. The minimum absolute atomic E-state index is 0.258. The number of ether oxygens (including phenoxy) is 1. The molecule has 4 heteroatoms. The van der Waals surface area contributed by atoms with Crippen molar-refractivity contribution in [3.63, 3.8) is 0 Å². The Labute approximate surface area is 58.6 Å². The van der Waals surface area contributed by atoms with E-state index in [9.17, 15) is 8.78 Å². The van der Waals surface area contributed by atoms with Crippen molar-refractivity contribution in [1.29, 1.82) is 0 Å². The van der Waals surface area contributed by atoms with Crippen LogP contribution in [0.3, 0.4) is 0 Å². The van der Waals surface area contributed by atoms with Gasteiger partial charge in [0.2, 0.25) is 0 Å². The normalized spacial score (nSPS) is 32.1. The molecule has 0 aromatic carbocycles. The summed E-state index contributed by atoms with van der Waals surface area (Å²) in [6.45, 7) is 0.361. The fourth-order valence-electron chi connectivity index (χ4n) is 1.10. The summed E-state index contributed by atoms with van der Waals surface area (Å²) in [7, 11) is 1.32. The molecule has 0 aromatic heterocycles. The van der Waals surface area contributed by atoms with Gasteiger partial charge in [-0.2, -0.15) is 0 Å². The molecule has 1 N–H and O–H groups in total. The van der Waals surface area contributed by atoms with Crippen LogP contribution in [0.15, 0.2) is 0 Å². The Bertz CT molecular complexity index is 118. The summed E-state index contributed by atoms with van der Waals surface area (Å²) >= 11 is 0. The fraction of sp³-hybridized carbons (Fsp3) is 1.00. The summed E-state index contributed by atoms with van der Waals surface area (Å²) in [5.41, 5.74) is 0. The van der Waals surface area contributed by atoms with Crippen LogP contribution in [0.4, 0.5) is 8.78 Å². The van der Waals surface area contributed by atoms with Crippen LogP contribution < -0.4 is 5.32 Å². The van der Waals surface area contributed by atoms with Gasteiger partial charge < -0.3 is 10.1 Å². The Hall–Kier alpha value is -0.220. The van der Waals surface area contributed by atoms with Crippen LogP contribution in [0, 0.1) is 0 Å². The number of piperidine rings is 1. The third-order valence-corrected chi connectivity index (χ3v) is 1.70. The number of halogens is 2. The zero-order valence-electron chi connectivity index (χ0n) is 5.86. The minimum Gasteiger partial charge on any atom is -0.375 e. The highest BCUT2D eigenvalue weighted by atomic mass is 19.3. The Morgan fingerprint density at radius 1 is 1.60 bits per heavy atom. The Balaban J connectivity index is 2.51. The topological polar surface area (TPSA) is 21.3 Å². The van der Waals surface area contributed by atoms with Gasteiger partial charge in [-0.25, -0.2) is 8.78 Å². The van der Waals surface area contributed by atoms with Gasteiger partial charge in [-0.1, -0.05) is 0 Å². The summed E-state index contributed by atoms with van der Waals surface area (Å²) < 4.78 is 30.0. The molecule has 0 spiro atoms. The molecule has 0 bridgehead atoms. The van der Waals surface area contributed by atoms with Crippen molar-refractivity contribution in [2.24, 2.45) is 0 Å². The quantitative estimate of drug-likeness (QED) is 0.593. The molecule has 1 aliphatic heterocycles. The first-order valence-electron chi connectivity index (χ1n) is 3.28. The first kappa shape index (κ1) is 7.88. The standard InChI is InChI=1S/C6H11F2NO/c1-10-5-2-3-9-4-6(5,7)8/h5,9H,2-4H2,1H3/t5-/m1/s1. The second-order valence-corrected chi connectivity index (χ2v) is 2.45. The predicted octanol–water partition coefficient (Wildman–Crippen LogP) is 0.630. The Morgan fingerprint density at radius 2 is 2.30 bits per heavy atom. The number of nitrogens with one attached hydrogen (secondary N) is 1. The summed E-state index contributed by atoms with van der Waals surface area (Å²) in [5.74, 6) is -2.69. The highest BCUT2D eigenvalue weighted by Gasteiger charge is 2.41. The van der Waals surface area contributed by atoms with E-state index in [-0.39, 0.29) is 6.54 Å². The molecule has 0 aliphatic carbocycles. The molecule has 0 aromatic rings. The molecule has 2 nitrogen and oxygen atoms in total. The molecule has 0 amide bonds. The number of rotatable bonds is 1. The van der Waals surface area contributed by atoms with E-state index >= 15 is 0 Å². The maximum Gasteiger partial charge on any atom is 0.285 e. The minimum atomic E-state index is -2.69. The summed E-state index contributed by atoms with van der Waals surface area (Å²) in [4.78, 5) is 0. The van der Waals surface area contributed by atoms with Crippen molar-refractivity contribution >= 4 is 0 Å². The lowest BCUT2D eigenvalue weighted by molar-refractivity contribution is -0.135. The summed E-state index contributed by atoms with van der Waals surface area (Å²) in [6, 6.07) is 0. The fourth-order valence-corrected chi connectivity index (χ4v) is 1.10. The van der Waals surface area contributed by atoms with Crippen molar-refractivity contribution in [2.45, 2.75) is 18.4 Å². The molecule has 1 saturated heterocycles. The van der Waals surface area contributed by atoms with Crippen molar-refractivity contribution < 1.29 is 13.5 Å². The van der Waals surface area contributed by atoms with E-state index in [4.69, 9.17) is 0 Å². The number of hydrogen-bond donors (Lipinski definition) is 1. The van der Waals surface area contributed by atoms with E-state index in [2.05, 4.69) is 10.1 Å². The molecule has 1 heterocycles. The number of alkyl halides is 2. The van der Waals surface area contributed by atoms with Gasteiger partial charge in [-0.3, -0.25) is 0 Å². The molecular weight excluding hydrogens is 140 g/mol. The lowest BCUT2D eigenvalue weighted by atomic mass is 10.1. The molecule has 10 heavy (non-hydrogen) atoms. The number of methoxy groups -OCH3 is 1. The summed E-state index contributed by atoms with van der Waals surface area (Å²) in [5, 5.41) is 2.61. The first-order chi connectivity index (χ1) is 4.67. The van der Waals surface area contributed by atoms with Crippen LogP contribution in [0.2, 0.25) is 0 Å². The largest absolute Gasteiger partial charge is 0.375 e. The van der Waals surface area contributed by atoms with Crippen LogP contribution >= 0.6 is 0 Å². The van der Waals surface area contributed by atoms with E-state index in [1.807, 2.05) is 0 Å². The highest BCUT2D eigenvalue weighted by Crippen LogP contribution is 2.24. The zero-order valence-corrected chi connectivity index (χ0v) is 5.86. The molecule has 1 atom stereocenters. The van der Waals surface area contributed by atoms with E-state index in [0.29, 0.717) is 13.0 Å². The maximum atomic E-state index is 12.7. The molecule has 1 aliphatic rings. The van der Waals surface area contributed by atoms with Crippen LogP contribution in [0.25, 0.3) is 0 Å². The molecule has 1 fully saturated rings. The van der Waals surface area contributed by atoms with Crippen molar-refractivity contribution in [3.8, 4) is 0 Å². The van der Waals surface area contributed by atoms with Gasteiger partial charge in [0.15, 0.2) is 0 Å². The van der Waals surface area contributed by atoms with Gasteiger partial charge in [0.25, 0.3) is 5.92 Å². The van der Waals surface area contributed by atoms with Gasteiger partial charge in [0.05, 0.1) is 6.54 Å². The second kappa shape index (κ2) is 2.80. The van der Waals surface area contributed by atoms with E-state index in [1.54, 1.807) is 0 Å². The first-order valence-corrected chi connectivity index (χ1v) is 3.28. The van der Waals surface area contributed by atoms with Gasteiger partial charge in [-0.05, 0) is 13.0 Å². The Kier molecular flexibility index (Phi) is 2.21. The lowest BCUT2D eigenvalue weighted by Crippen LogP contribution is -2.50. The van der Waals surface area contributed by atoms with Gasteiger partial charge in [0.1, 0.15) is 6.10 Å². The molecule has 1 rings (SSSR count). The SMILES string of the molecule is CO[C@@H]1CCNCC1(F)F. The monoisotopic (exact) mass is 151 g/mol. The molecule has 0 unspecified atom stereocenters. The highest BCUT2D eigenvalue weighted by molar-refractivity contribution is 4.84. The van der Waals surface area contributed by atoms with Gasteiger partial charge in [0, 0.05) is 7.11 Å². The molecule has 0 saturated carbocycles.